The zero-order valence-corrected chi connectivity index (χ0v) is 29.1. The minimum Gasteiger partial charge on any atom is -0.472 e. The number of hydrogen-bond acceptors (Lipinski definition) is 9. The number of sulfonamides is 1. The molecule has 4 aliphatic rings. The predicted octanol–water partition coefficient (Wildman–Crippen LogP) is 3.70. The molecule has 0 radical (unpaired) electrons. The minimum absolute atomic E-state index is 0.00714. The third-order valence-corrected chi connectivity index (χ3v) is 12.2. The van der Waals surface area contributed by atoms with Gasteiger partial charge in [-0.15, -0.1) is 6.58 Å². The van der Waals surface area contributed by atoms with Gasteiger partial charge in [-0.3, -0.25) is 23.9 Å². The monoisotopic (exact) mass is 714 g/mol. The number of benzene rings is 2. The van der Waals surface area contributed by atoms with Gasteiger partial charge in [-0.25, -0.2) is 13.4 Å². The summed E-state index contributed by atoms with van der Waals surface area (Å²) in [5.74, 6) is -3.52. The van der Waals surface area contributed by atoms with Gasteiger partial charge < -0.3 is 19.7 Å². The Bertz CT molecular complexity index is 1970. The molecule has 2 aliphatic heterocycles. The standard InChI is InChI=1S/C38H42N4O8S/c1-2-27-22-38(27,37(46)41-51(47,48)29-14-15-29)40-34(44)32-20-28-23-42(32)36(45)31(25-10-6-3-7-11-25)21-33(43)49-18-8-4-5-9-24-12-13-26-16-17-39-35(50-28)30(26)19-24/h2-3,6-7,10-13,16-17,19,27-29,31-32H,1,4-5,8-9,14-15,18,20-23H2,(H,40,44)(H,41,46)/t27-,28-,31+,32+,38-/m1/s1. The number of amides is 3. The van der Waals surface area contributed by atoms with Crippen molar-refractivity contribution in [2.75, 3.05) is 13.2 Å². The van der Waals surface area contributed by atoms with E-state index in [1.807, 2.05) is 18.2 Å². The van der Waals surface area contributed by atoms with E-state index in [1.54, 1.807) is 30.5 Å². The Labute approximate surface area is 297 Å². The lowest BCUT2D eigenvalue weighted by Crippen LogP contribution is -2.57. The molecule has 5 atom stereocenters. The van der Waals surface area contributed by atoms with Crippen molar-refractivity contribution in [1.82, 2.24) is 19.9 Å². The Morgan fingerprint density at radius 3 is 2.59 bits per heavy atom. The van der Waals surface area contributed by atoms with Gasteiger partial charge in [0.05, 0.1) is 30.7 Å². The van der Waals surface area contributed by atoms with E-state index < -0.39 is 68.5 Å². The van der Waals surface area contributed by atoms with Crippen LogP contribution in [0.25, 0.3) is 10.8 Å². The van der Waals surface area contributed by atoms with Crippen molar-refractivity contribution >= 4 is 44.5 Å². The van der Waals surface area contributed by atoms with Crippen LogP contribution in [0.3, 0.4) is 0 Å². The maximum atomic E-state index is 14.6. The van der Waals surface area contributed by atoms with Crippen molar-refractivity contribution in [1.29, 1.82) is 0 Å². The molecular formula is C38H42N4O8S. The number of cyclic esters (lactones) is 1. The number of fused-ring (bicyclic) bond motifs is 3. The number of aryl methyl sites for hydroxylation is 1. The molecule has 0 unspecified atom stereocenters. The van der Waals surface area contributed by atoms with Gasteiger partial charge in [0.2, 0.25) is 27.7 Å². The summed E-state index contributed by atoms with van der Waals surface area (Å²) in [7, 11) is -3.88. The minimum atomic E-state index is -3.88. The molecule has 1 saturated heterocycles. The van der Waals surface area contributed by atoms with E-state index in [0.29, 0.717) is 30.7 Å². The van der Waals surface area contributed by atoms with Gasteiger partial charge in [0, 0.05) is 23.9 Å². The highest BCUT2D eigenvalue weighted by atomic mass is 32.2. The normalized spacial score (nSPS) is 27.1. The Morgan fingerprint density at radius 2 is 1.84 bits per heavy atom. The van der Waals surface area contributed by atoms with E-state index in [-0.39, 0.29) is 32.4 Å². The number of nitrogens with zero attached hydrogens (tertiary/aromatic N) is 2. The molecular weight excluding hydrogens is 673 g/mol. The fraction of sp³-hybridized carbons (Fsp3) is 0.447. The Kier molecular flexibility index (Phi) is 9.58. The van der Waals surface area contributed by atoms with E-state index in [1.165, 1.54) is 11.0 Å². The summed E-state index contributed by atoms with van der Waals surface area (Å²) < 4.78 is 39.6. The zero-order valence-electron chi connectivity index (χ0n) is 28.3. The molecule has 3 fully saturated rings. The first-order valence-electron chi connectivity index (χ1n) is 17.6. The van der Waals surface area contributed by atoms with Crippen molar-refractivity contribution in [3.63, 3.8) is 0 Å². The number of carbonyl (C=O) groups excluding carboxylic acids is 4. The summed E-state index contributed by atoms with van der Waals surface area (Å²) in [6, 6.07) is 15.8. The summed E-state index contributed by atoms with van der Waals surface area (Å²) in [4.78, 5) is 61.4. The molecule has 12 nitrogen and oxygen atoms in total. The summed E-state index contributed by atoms with van der Waals surface area (Å²) >= 11 is 0. The van der Waals surface area contributed by atoms with E-state index in [2.05, 4.69) is 33.7 Å². The Morgan fingerprint density at radius 1 is 1.04 bits per heavy atom. The molecule has 2 saturated carbocycles. The fourth-order valence-corrected chi connectivity index (χ4v) is 8.61. The Hall–Kier alpha value is -4.78. The topological polar surface area (TPSA) is 161 Å². The van der Waals surface area contributed by atoms with Crippen LogP contribution in [-0.4, -0.2) is 78.1 Å². The lowest BCUT2D eigenvalue weighted by atomic mass is 9.93. The molecule has 268 valence electrons. The number of ether oxygens (including phenoxy) is 2. The molecule has 1 aromatic heterocycles. The third kappa shape index (κ3) is 7.35. The van der Waals surface area contributed by atoms with Crippen molar-refractivity contribution < 1.29 is 37.1 Å². The van der Waals surface area contributed by atoms with Crippen LogP contribution in [0, 0.1) is 5.92 Å². The van der Waals surface area contributed by atoms with Crippen LogP contribution in [0.15, 0.2) is 73.4 Å². The van der Waals surface area contributed by atoms with Gasteiger partial charge in [-0.1, -0.05) is 48.5 Å². The van der Waals surface area contributed by atoms with Crippen LogP contribution in [0.4, 0.5) is 0 Å². The van der Waals surface area contributed by atoms with Crippen molar-refractivity contribution in [3.05, 3.63) is 84.6 Å². The van der Waals surface area contributed by atoms with Crippen molar-refractivity contribution in [2.24, 2.45) is 5.92 Å². The van der Waals surface area contributed by atoms with Crippen LogP contribution < -0.4 is 14.8 Å². The quantitative estimate of drug-likeness (QED) is 0.275. The maximum absolute atomic E-state index is 14.6. The molecule has 2 aliphatic carbocycles. The average Bonchev–Trinajstić information content (AvgIpc) is 4.05. The highest BCUT2D eigenvalue weighted by Crippen LogP contribution is 2.45. The lowest BCUT2D eigenvalue weighted by molar-refractivity contribution is -0.148. The summed E-state index contributed by atoms with van der Waals surface area (Å²) in [5, 5.41) is 3.94. The van der Waals surface area contributed by atoms with E-state index in [0.717, 1.165) is 35.6 Å². The first-order valence-corrected chi connectivity index (χ1v) is 19.2. The average molecular weight is 715 g/mol. The highest BCUT2D eigenvalue weighted by molar-refractivity contribution is 7.91. The van der Waals surface area contributed by atoms with Crippen LogP contribution in [0.2, 0.25) is 0 Å². The second-order valence-electron chi connectivity index (χ2n) is 14.0. The first-order chi connectivity index (χ1) is 24.6. The molecule has 4 bridgehead atoms. The summed E-state index contributed by atoms with van der Waals surface area (Å²) in [6.07, 6.45) is 6.71. The first kappa shape index (κ1) is 34.7. The van der Waals surface area contributed by atoms with E-state index in [4.69, 9.17) is 9.47 Å². The van der Waals surface area contributed by atoms with Crippen LogP contribution in [-0.2, 0) is 40.4 Å². The highest BCUT2D eigenvalue weighted by Gasteiger charge is 2.62. The molecule has 3 aromatic rings. The van der Waals surface area contributed by atoms with Gasteiger partial charge in [-0.2, -0.15) is 0 Å². The Balaban J connectivity index is 1.22. The van der Waals surface area contributed by atoms with E-state index >= 15 is 0 Å². The molecule has 3 amide bonds. The predicted molar refractivity (Wildman–Crippen MR) is 188 cm³/mol. The number of hydrogen-bond donors (Lipinski definition) is 2. The number of rotatable bonds is 7. The lowest BCUT2D eigenvalue weighted by Gasteiger charge is -2.29. The molecule has 2 N–H and O–H groups in total. The second kappa shape index (κ2) is 14.1. The molecule has 3 heterocycles. The second-order valence-corrected chi connectivity index (χ2v) is 16.0. The molecule has 7 rings (SSSR count). The third-order valence-electron chi connectivity index (χ3n) is 10.4. The largest absolute Gasteiger partial charge is 0.472 e. The van der Waals surface area contributed by atoms with Gasteiger partial charge in [0.25, 0.3) is 5.91 Å². The number of nitrogens with one attached hydrogen (secondary N) is 2. The van der Waals surface area contributed by atoms with Gasteiger partial charge in [0.1, 0.15) is 17.7 Å². The number of aromatic nitrogens is 1. The molecule has 2 aromatic carbocycles. The number of carbonyl (C=O) groups is 4. The summed E-state index contributed by atoms with van der Waals surface area (Å²) in [5.41, 5.74) is 0.172. The van der Waals surface area contributed by atoms with Gasteiger partial charge in [0.15, 0.2) is 0 Å². The van der Waals surface area contributed by atoms with Gasteiger partial charge >= 0.3 is 5.97 Å². The van der Waals surface area contributed by atoms with Crippen molar-refractivity contribution in [2.45, 2.75) is 86.6 Å². The smallest absolute Gasteiger partial charge is 0.306 e. The van der Waals surface area contributed by atoms with Crippen LogP contribution >= 0.6 is 0 Å². The molecule has 51 heavy (non-hydrogen) atoms. The van der Waals surface area contributed by atoms with Crippen LogP contribution in [0.1, 0.15) is 68.4 Å². The van der Waals surface area contributed by atoms with Crippen molar-refractivity contribution in [3.8, 4) is 5.88 Å². The van der Waals surface area contributed by atoms with Gasteiger partial charge in [-0.05, 0) is 73.6 Å². The van der Waals surface area contributed by atoms with E-state index in [9.17, 15) is 27.6 Å². The molecule has 0 spiro atoms. The fourth-order valence-electron chi connectivity index (χ4n) is 7.24. The number of esters is 1. The molecule has 13 heteroatoms. The maximum Gasteiger partial charge on any atom is 0.306 e. The SMILES string of the molecule is C=C[C@@H]1C[C@]1(NC(=O)[C@@H]1C[C@@H]2CN1C(=O)[C@H](c1ccccc1)CC(=O)OCCCCCc1ccc3ccnc(c3c1)O2)C(=O)NS(=O)(=O)C1CC1. The zero-order chi connectivity index (χ0) is 35.8. The van der Waals surface area contributed by atoms with Crippen LogP contribution in [0.5, 0.6) is 5.88 Å². The summed E-state index contributed by atoms with van der Waals surface area (Å²) in [6.45, 7) is 4.02. The number of pyridine rings is 1.